The normalized spacial score (nSPS) is 35.5. The number of halogens is 1. The Morgan fingerprint density at radius 1 is 1.16 bits per heavy atom. The second-order valence-corrected chi connectivity index (χ2v) is 11.1. The van der Waals surface area contributed by atoms with Crippen molar-refractivity contribution in [1.29, 1.82) is 0 Å². The molecule has 7 rings (SSSR count). The van der Waals surface area contributed by atoms with E-state index in [1.165, 1.54) is 44.9 Å². The minimum atomic E-state index is -0.854. The van der Waals surface area contributed by atoms with Crippen molar-refractivity contribution in [1.82, 2.24) is 20.2 Å². The zero-order valence-electron chi connectivity index (χ0n) is 18.7. The quantitative estimate of drug-likeness (QED) is 0.758. The smallest absolute Gasteiger partial charge is 0.270 e. The van der Waals surface area contributed by atoms with E-state index in [0.717, 1.165) is 60.6 Å². The Morgan fingerprint density at radius 2 is 1.91 bits per heavy atom. The average molecular weight is 437 g/mol. The highest BCUT2D eigenvalue weighted by Gasteiger charge is 2.50. The van der Waals surface area contributed by atoms with Gasteiger partial charge < -0.3 is 5.32 Å². The molecule has 0 aromatic carbocycles. The van der Waals surface area contributed by atoms with E-state index in [4.69, 9.17) is 0 Å². The number of hydrogen-bond donors (Lipinski definition) is 1. The first-order chi connectivity index (χ1) is 15.6. The van der Waals surface area contributed by atoms with Crippen LogP contribution in [0.4, 0.5) is 4.39 Å². The first kappa shape index (κ1) is 20.5. The molecule has 4 saturated carbocycles. The molecule has 1 amide bonds. The van der Waals surface area contributed by atoms with Gasteiger partial charge in [-0.05, 0) is 73.7 Å². The van der Waals surface area contributed by atoms with Crippen molar-refractivity contribution < 1.29 is 9.18 Å². The van der Waals surface area contributed by atoms with E-state index < -0.39 is 6.17 Å². The van der Waals surface area contributed by atoms with E-state index in [0.29, 0.717) is 24.1 Å². The summed E-state index contributed by atoms with van der Waals surface area (Å²) in [5, 5.41) is 3.29. The number of alkyl halides is 1. The van der Waals surface area contributed by atoms with Crippen LogP contribution < -0.4 is 5.32 Å². The highest BCUT2D eigenvalue weighted by molar-refractivity contribution is 5.94. The molecule has 1 N–H and O–H groups in total. The van der Waals surface area contributed by atoms with Crippen LogP contribution in [0.1, 0.15) is 66.7 Å². The molecule has 6 heteroatoms. The maximum Gasteiger partial charge on any atom is 0.270 e. The molecule has 0 radical (unpaired) electrons. The molecule has 170 valence electrons. The standard InChI is InChI=1S/C26H33FN4O/c27-21-3-1-17(2-4-21)13-31-6-5-22-23(14-31)29-16-30-24(22)25(32)28-15-26-10-18-7-19(11-26)9-20(8-18)12-26/h1-3,16,18-21H,4-15H2,(H,28,32). The third-order valence-corrected chi connectivity index (χ3v) is 8.62. The van der Waals surface area contributed by atoms with Crippen LogP contribution in [0.25, 0.3) is 0 Å². The Balaban J connectivity index is 1.11. The van der Waals surface area contributed by atoms with Crippen LogP contribution in [-0.2, 0) is 13.0 Å². The lowest BCUT2D eigenvalue weighted by Gasteiger charge is -2.56. The van der Waals surface area contributed by atoms with Gasteiger partial charge in [0.1, 0.15) is 18.2 Å². The minimum absolute atomic E-state index is 0.0280. The summed E-state index contributed by atoms with van der Waals surface area (Å²) < 4.78 is 13.3. The van der Waals surface area contributed by atoms with Gasteiger partial charge in [0.2, 0.25) is 0 Å². The summed E-state index contributed by atoms with van der Waals surface area (Å²) in [5.41, 5.74) is 4.01. The van der Waals surface area contributed by atoms with Crippen LogP contribution in [0, 0.1) is 23.2 Å². The van der Waals surface area contributed by atoms with Crippen molar-refractivity contribution in [2.75, 3.05) is 19.6 Å². The van der Waals surface area contributed by atoms with Crippen LogP contribution >= 0.6 is 0 Å². The Kier molecular flexibility index (Phi) is 5.16. The fourth-order valence-electron chi connectivity index (χ4n) is 7.61. The first-order valence-electron chi connectivity index (χ1n) is 12.4. The molecule has 1 aromatic rings. The number of aromatic nitrogens is 2. The highest BCUT2D eigenvalue weighted by atomic mass is 19.1. The van der Waals surface area contributed by atoms with Crippen molar-refractivity contribution in [2.24, 2.45) is 23.2 Å². The Bertz CT molecular complexity index is 935. The summed E-state index contributed by atoms with van der Waals surface area (Å²) >= 11 is 0. The van der Waals surface area contributed by atoms with E-state index in [9.17, 15) is 9.18 Å². The molecule has 4 fully saturated rings. The lowest BCUT2D eigenvalue weighted by molar-refractivity contribution is -0.0503. The summed E-state index contributed by atoms with van der Waals surface area (Å²) in [4.78, 5) is 24.4. The van der Waals surface area contributed by atoms with Crippen LogP contribution in [0.5, 0.6) is 0 Å². The van der Waals surface area contributed by atoms with Gasteiger partial charge in [0.15, 0.2) is 0 Å². The van der Waals surface area contributed by atoms with Gasteiger partial charge in [0, 0.05) is 38.2 Å². The summed E-state index contributed by atoms with van der Waals surface area (Å²) in [7, 11) is 0. The van der Waals surface area contributed by atoms with E-state index in [-0.39, 0.29) is 5.91 Å². The number of carbonyl (C=O) groups is 1. The summed E-state index contributed by atoms with van der Waals surface area (Å²) in [6.07, 6.45) is 15.6. The summed E-state index contributed by atoms with van der Waals surface area (Å²) in [6.45, 7) is 3.16. The van der Waals surface area contributed by atoms with Crippen molar-refractivity contribution in [3.63, 3.8) is 0 Å². The zero-order valence-corrected chi connectivity index (χ0v) is 18.7. The molecular formula is C26H33FN4O. The van der Waals surface area contributed by atoms with Gasteiger partial charge in [0.05, 0.1) is 5.69 Å². The number of nitrogens with zero attached hydrogens (tertiary/aromatic N) is 3. The molecule has 1 aliphatic heterocycles. The second kappa shape index (κ2) is 8.05. The molecule has 5 nitrogen and oxygen atoms in total. The lowest BCUT2D eigenvalue weighted by atomic mass is 9.49. The minimum Gasteiger partial charge on any atom is -0.350 e. The topological polar surface area (TPSA) is 58.1 Å². The number of allylic oxidation sites excluding steroid dienone is 2. The number of carbonyl (C=O) groups excluding carboxylic acids is 1. The molecule has 32 heavy (non-hydrogen) atoms. The van der Waals surface area contributed by atoms with Gasteiger partial charge in [-0.1, -0.05) is 18.2 Å². The number of hydrogen-bond acceptors (Lipinski definition) is 4. The lowest BCUT2D eigenvalue weighted by Crippen LogP contribution is -2.51. The molecule has 0 saturated heterocycles. The first-order valence-corrected chi connectivity index (χ1v) is 12.4. The Labute approximate surface area is 189 Å². The third-order valence-electron chi connectivity index (χ3n) is 8.62. The largest absolute Gasteiger partial charge is 0.350 e. The fourth-order valence-corrected chi connectivity index (χ4v) is 7.61. The van der Waals surface area contributed by atoms with Crippen molar-refractivity contribution in [3.8, 4) is 0 Å². The van der Waals surface area contributed by atoms with Gasteiger partial charge in [0.25, 0.3) is 5.91 Å². The third kappa shape index (κ3) is 3.91. The average Bonchev–Trinajstić information content (AvgIpc) is 2.78. The van der Waals surface area contributed by atoms with Crippen LogP contribution in [0.2, 0.25) is 0 Å². The van der Waals surface area contributed by atoms with Gasteiger partial charge in [-0.3, -0.25) is 9.69 Å². The van der Waals surface area contributed by atoms with Gasteiger partial charge in [-0.25, -0.2) is 14.4 Å². The monoisotopic (exact) mass is 436 g/mol. The van der Waals surface area contributed by atoms with E-state index >= 15 is 0 Å². The molecule has 1 unspecified atom stereocenters. The van der Waals surface area contributed by atoms with Crippen LogP contribution in [0.3, 0.4) is 0 Å². The Morgan fingerprint density at radius 3 is 2.59 bits per heavy atom. The van der Waals surface area contributed by atoms with Crippen molar-refractivity contribution >= 4 is 5.91 Å². The van der Waals surface area contributed by atoms with Gasteiger partial charge in [-0.2, -0.15) is 0 Å². The molecular weight excluding hydrogens is 403 g/mol. The van der Waals surface area contributed by atoms with E-state index in [2.05, 4.69) is 20.2 Å². The molecule has 5 aliphatic carbocycles. The summed E-state index contributed by atoms with van der Waals surface area (Å²) in [5.74, 6) is 2.64. The molecule has 1 aromatic heterocycles. The second-order valence-electron chi connectivity index (χ2n) is 11.1. The molecule has 2 heterocycles. The van der Waals surface area contributed by atoms with E-state index in [1.807, 2.05) is 12.2 Å². The fraction of sp³-hybridized carbons (Fsp3) is 0.654. The van der Waals surface area contributed by atoms with Crippen LogP contribution in [0.15, 0.2) is 30.1 Å². The Hall–Kier alpha value is -2.08. The van der Waals surface area contributed by atoms with Crippen molar-refractivity contribution in [3.05, 3.63) is 47.1 Å². The van der Waals surface area contributed by atoms with Crippen LogP contribution in [-0.4, -0.2) is 46.6 Å². The maximum atomic E-state index is 13.3. The number of nitrogens with one attached hydrogen (secondary N) is 1. The van der Waals surface area contributed by atoms with Crippen molar-refractivity contribution in [2.45, 2.75) is 64.1 Å². The summed E-state index contributed by atoms with van der Waals surface area (Å²) in [6, 6.07) is 0. The zero-order chi connectivity index (χ0) is 21.7. The predicted molar refractivity (Wildman–Crippen MR) is 121 cm³/mol. The molecule has 4 bridgehead atoms. The van der Waals surface area contributed by atoms with Gasteiger partial charge >= 0.3 is 0 Å². The predicted octanol–water partition coefficient (Wildman–Crippen LogP) is 4.01. The van der Waals surface area contributed by atoms with E-state index in [1.54, 1.807) is 6.08 Å². The van der Waals surface area contributed by atoms with Gasteiger partial charge in [-0.15, -0.1) is 0 Å². The molecule has 1 atom stereocenters. The highest BCUT2D eigenvalue weighted by Crippen LogP contribution is 2.59. The SMILES string of the molecule is O=C(NCC12CC3CC(CC(C3)C1)C2)c1ncnc2c1CCN(CC1=CCC(F)C=C1)C2. The number of fused-ring (bicyclic) bond motifs is 1. The number of rotatable bonds is 5. The number of amides is 1. The molecule has 0 spiro atoms. The maximum absolute atomic E-state index is 13.3. The molecule has 6 aliphatic rings.